The van der Waals surface area contributed by atoms with E-state index < -0.39 is 4.75 Å². The number of hydrogen-bond acceptors (Lipinski definition) is 7. The SMILES string of the molecule is Cn1c(COc2ccc(C[C@]3(C)SC(=O)NC3=O)cc2)nc2ccc(Oc3ccccn3)cc21. The lowest BCUT2D eigenvalue weighted by molar-refractivity contribution is -0.121. The van der Waals surface area contributed by atoms with Gasteiger partial charge in [-0.3, -0.25) is 14.9 Å². The molecular formula is C25H22N4O4S. The van der Waals surface area contributed by atoms with Crippen molar-refractivity contribution in [2.75, 3.05) is 0 Å². The molecule has 0 radical (unpaired) electrons. The van der Waals surface area contributed by atoms with Crippen LogP contribution in [0, 0.1) is 0 Å². The monoisotopic (exact) mass is 474 g/mol. The second-order valence-electron chi connectivity index (χ2n) is 8.19. The van der Waals surface area contributed by atoms with E-state index in [0.29, 0.717) is 30.4 Å². The van der Waals surface area contributed by atoms with E-state index in [2.05, 4.69) is 15.3 Å². The van der Waals surface area contributed by atoms with Crippen LogP contribution in [0.15, 0.2) is 66.9 Å². The fraction of sp³-hybridized carbons (Fsp3) is 0.200. The van der Waals surface area contributed by atoms with Crippen LogP contribution < -0.4 is 14.8 Å². The molecule has 0 aliphatic carbocycles. The Morgan fingerprint density at radius 3 is 2.56 bits per heavy atom. The largest absolute Gasteiger partial charge is 0.486 e. The third kappa shape index (κ3) is 4.47. The minimum Gasteiger partial charge on any atom is -0.486 e. The van der Waals surface area contributed by atoms with Gasteiger partial charge < -0.3 is 14.0 Å². The Hall–Kier alpha value is -3.85. The standard InChI is InChI=1S/C25H22N4O4S/c1-25(23(30)28-24(31)34-25)14-16-6-8-17(9-7-16)32-15-21-27-19-11-10-18(13-20(19)29(21)2)33-22-5-3-4-12-26-22/h3-13H,14-15H2,1-2H3,(H,28,30,31)/t25-/m0/s1. The number of nitrogens with one attached hydrogen (secondary N) is 1. The fourth-order valence-corrected chi connectivity index (χ4v) is 4.73. The van der Waals surface area contributed by atoms with E-state index in [9.17, 15) is 9.59 Å². The van der Waals surface area contributed by atoms with Crippen LogP contribution in [-0.4, -0.2) is 30.4 Å². The molecule has 9 heteroatoms. The molecular weight excluding hydrogens is 452 g/mol. The molecule has 2 aromatic carbocycles. The summed E-state index contributed by atoms with van der Waals surface area (Å²) in [4.78, 5) is 32.4. The molecule has 3 heterocycles. The van der Waals surface area contributed by atoms with Gasteiger partial charge in [0.1, 0.15) is 28.7 Å². The highest BCUT2D eigenvalue weighted by Gasteiger charge is 2.43. The number of imide groups is 1. The van der Waals surface area contributed by atoms with E-state index in [4.69, 9.17) is 9.47 Å². The van der Waals surface area contributed by atoms with Gasteiger partial charge in [-0.15, -0.1) is 0 Å². The Balaban J connectivity index is 1.25. The number of aromatic nitrogens is 3. The molecule has 1 atom stereocenters. The van der Waals surface area contributed by atoms with Crippen molar-refractivity contribution in [2.24, 2.45) is 7.05 Å². The van der Waals surface area contributed by atoms with Crippen LogP contribution in [-0.2, 0) is 24.9 Å². The lowest BCUT2D eigenvalue weighted by atomic mass is 9.99. The zero-order chi connectivity index (χ0) is 23.7. The van der Waals surface area contributed by atoms with Gasteiger partial charge in [-0.1, -0.05) is 18.2 Å². The summed E-state index contributed by atoms with van der Waals surface area (Å²) in [6, 6.07) is 18.8. The van der Waals surface area contributed by atoms with E-state index in [-0.39, 0.29) is 11.1 Å². The first-order valence-electron chi connectivity index (χ1n) is 10.7. The Morgan fingerprint density at radius 2 is 1.85 bits per heavy atom. The first-order chi connectivity index (χ1) is 16.4. The number of thioether (sulfide) groups is 1. The van der Waals surface area contributed by atoms with Crippen molar-refractivity contribution in [1.82, 2.24) is 19.9 Å². The number of rotatable bonds is 7. The predicted molar refractivity (Wildman–Crippen MR) is 129 cm³/mol. The summed E-state index contributed by atoms with van der Waals surface area (Å²) >= 11 is 1.03. The molecule has 0 unspecified atom stereocenters. The summed E-state index contributed by atoms with van der Waals surface area (Å²) in [6.07, 6.45) is 2.15. The highest BCUT2D eigenvalue weighted by molar-refractivity contribution is 8.16. The lowest BCUT2D eigenvalue weighted by Gasteiger charge is -2.18. The minimum absolute atomic E-state index is 0.252. The second-order valence-corrected chi connectivity index (χ2v) is 9.67. The normalized spacial score (nSPS) is 17.7. The van der Waals surface area contributed by atoms with Gasteiger partial charge in [-0.2, -0.15) is 0 Å². The van der Waals surface area contributed by atoms with Crippen molar-refractivity contribution < 1.29 is 19.1 Å². The van der Waals surface area contributed by atoms with Crippen LogP contribution in [0.3, 0.4) is 0 Å². The van der Waals surface area contributed by atoms with Crippen LogP contribution in [0.2, 0.25) is 0 Å². The number of benzene rings is 2. The zero-order valence-electron chi connectivity index (χ0n) is 18.6. The number of ether oxygens (including phenoxy) is 2. The number of carbonyl (C=O) groups is 2. The number of imidazole rings is 1. The van der Waals surface area contributed by atoms with Gasteiger partial charge in [-0.25, -0.2) is 9.97 Å². The Bertz CT molecular complexity index is 1370. The molecule has 1 aliphatic rings. The van der Waals surface area contributed by atoms with Gasteiger partial charge in [0.15, 0.2) is 0 Å². The summed E-state index contributed by atoms with van der Waals surface area (Å²) in [5.41, 5.74) is 2.73. The quantitative estimate of drug-likeness (QED) is 0.417. The number of pyridine rings is 1. The molecule has 0 bridgehead atoms. The maximum Gasteiger partial charge on any atom is 0.286 e. The second kappa shape index (κ2) is 8.83. The topological polar surface area (TPSA) is 95.3 Å². The van der Waals surface area contributed by atoms with Gasteiger partial charge in [0, 0.05) is 25.4 Å². The van der Waals surface area contributed by atoms with Crippen molar-refractivity contribution in [3.05, 3.63) is 78.2 Å². The maximum absolute atomic E-state index is 12.1. The molecule has 0 saturated carbocycles. The number of fused-ring (bicyclic) bond motifs is 1. The van der Waals surface area contributed by atoms with Crippen molar-refractivity contribution in [3.8, 4) is 17.4 Å². The summed E-state index contributed by atoms with van der Waals surface area (Å²) in [5.74, 6) is 2.43. The van der Waals surface area contributed by atoms with Gasteiger partial charge in [0.2, 0.25) is 11.8 Å². The molecule has 34 heavy (non-hydrogen) atoms. The fourth-order valence-electron chi connectivity index (χ4n) is 3.80. The summed E-state index contributed by atoms with van der Waals surface area (Å²) in [6.45, 7) is 2.08. The molecule has 1 N–H and O–H groups in total. The highest BCUT2D eigenvalue weighted by atomic mass is 32.2. The lowest BCUT2D eigenvalue weighted by Crippen LogP contribution is -2.35. The van der Waals surface area contributed by atoms with E-state index >= 15 is 0 Å². The van der Waals surface area contributed by atoms with Crippen molar-refractivity contribution >= 4 is 33.9 Å². The molecule has 1 aliphatic heterocycles. The molecule has 2 aromatic heterocycles. The Labute approximate surface area is 200 Å². The molecule has 1 saturated heterocycles. The molecule has 2 amide bonds. The van der Waals surface area contributed by atoms with E-state index in [0.717, 1.165) is 34.2 Å². The third-order valence-corrected chi connectivity index (χ3v) is 6.72. The Kier molecular flexibility index (Phi) is 5.70. The van der Waals surface area contributed by atoms with Gasteiger partial charge in [0.25, 0.3) is 5.24 Å². The number of amides is 2. The number of nitrogens with zero attached hydrogens (tertiary/aromatic N) is 3. The highest BCUT2D eigenvalue weighted by Crippen LogP contribution is 2.35. The van der Waals surface area contributed by atoms with Crippen LogP contribution >= 0.6 is 11.8 Å². The van der Waals surface area contributed by atoms with Crippen LogP contribution in [0.25, 0.3) is 11.0 Å². The van der Waals surface area contributed by atoms with Crippen molar-refractivity contribution in [3.63, 3.8) is 0 Å². The van der Waals surface area contributed by atoms with E-state index in [1.54, 1.807) is 19.2 Å². The van der Waals surface area contributed by atoms with Gasteiger partial charge in [-0.05, 0) is 61.0 Å². The number of hydrogen-bond donors (Lipinski definition) is 1. The average Bonchev–Trinajstić information content (AvgIpc) is 3.27. The minimum atomic E-state index is -0.786. The van der Waals surface area contributed by atoms with Crippen LogP contribution in [0.5, 0.6) is 17.4 Å². The molecule has 4 aromatic rings. The van der Waals surface area contributed by atoms with Crippen LogP contribution in [0.1, 0.15) is 18.3 Å². The third-order valence-electron chi connectivity index (χ3n) is 5.65. The van der Waals surface area contributed by atoms with E-state index in [1.165, 1.54) is 0 Å². The number of carbonyl (C=O) groups excluding carboxylic acids is 2. The molecule has 5 rings (SSSR count). The molecule has 0 spiro atoms. The molecule has 8 nitrogen and oxygen atoms in total. The molecule has 1 fully saturated rings. The summed E-state index contributed by atoms with van der Waals surface area (Å²) < 4.78 is 13.0. The first kappa shape index (κ1) is 22.0. The first-order valence-corrected chi connectivity index (χ1v) is 11.5. The average molecular weight is 475 g/mol. The van der Waals surface area contributed by atoms with Crippen molar-refractivity contribution in [1.29, 1.82) is 0 Å². The zero-order valence-corrected chi connectivity index (χ0v) is 19.5. The van der Waals surface area contributed by atoms with Crippen LogP contribution in [0.4, 0.5) is 4.79 Å². The summed E-state index contributed by atoms with van der Waals surface area (Å²) in [7, 11) is 1.94. The molecule has 172 valence electrons. The van der Waals surface area contributed by atoms with Crippen molar-refractivity contribution in [2.45, 2.75) is 24.7 Å². The maximum atomic E-state index is 12.1. The smallest absolute Gasteiger partial charge is 0.286 e. The summed E-state index contributed by atoms with van der Waals surface area (Å²) in [5, 5.41) is 2.05. The van der Waals surface area contributed by atoms with Gasteiger partial charge in [0.05, 0.1) is 11.0 Å². The number of aryl methyl sites for hydroxylation is 1. The Morgan fingerprint density at radius 1 is 1.06 bits per heavy atom. The van der Waals surface area contributed by atoms with E-state index in [1.807, 2.05) is 66.2 Å². The predicted octanol–water partition coefficient (Wildman–Crippen LogP) is 4.62. The van der Waals surface area contributed by atoms with Gasteiger partial charge >= 0.3 is 0 Å².